The molecular formula is C11H20N4O2S. The summed E-state index contributed by atoms with van der Waals surface area (Å²) in [6.45, 7) is 3.67. The third kappa shape index (κ3) is 2.90. The highest BCUT2D eigenvalue weighted by molar-refractivity contribution is 7.86. The van der Waals surface area contributed by atoms with Crippen molar-refractivity contribution in [3.63, 3.8) is 0 Å². The first-order valence-electron chi connectivity index (χ1n) is 6.20. The molecule has 0 aromatic carbocycles. The minimum atomic E-state index is -3.35. The summed E-state index contributed by atoms with van der Waals surface area (Å²) in [7, 11) is -1.75. The minimum absolute atomic E-state index is 0.327. The largest absolute Gasteiger partial charge is 0.282 e. The molecule has 0 spiro atoms. The third-order valence-corrected chi connectivity index (χ3v) is 5.19. The van der Waals surface area contributed by atoms with Crippen LogP contribution >= 0.6 is 0 Å². The van der Waals surface area contributed by atoms with Crippen molar-refractivity contribution in [1.82, 2.24) is 18.8 Å². The van der Waals surface area contributed by atoms with Gasteiger partial charge in [-0.25, -0.2) is 0 Å². The van der Waals surface area contributed by atoms with Gasteiger partial charge in [0, 0.05) is 26.3 Å². The molecule has 2 rings (SSSR count). The highest BCUT2D eigenvalue weighted by atomic mass is 32.2. The molecule has 102 valence electrons. The lowest BCUT2D eigenvalue weighted by molar-refractivity contribution is 0.262. The Bertz CT molecular complexity index is 471. The summed E-state index contributed by atoms with van der Waals surface area (Å²) in [6, 6.07) is 1.78. The van der Waals surface area contributed by atoms with Gasteiger partial charge >= 0.3 is 0 Å². The number of nitrogens with zero attached hydrogens (tertiary/aromatic N) is 3. The molecule has 18 heavy (non-hydrogen) atoms. The Balaban J connectivity index is 2.05. The molecule has 7 heteroatoms. The zero-order valence-electron chi connectivity index (χ0n) is 10.8. The molecule has 2 heterocycles. The van der Waals surface area contributed by atoms with E-state index in [4.69, 9.17) is 0 Å². The number of piperidine rings is 1. The minimum Gasteiger partial charge on any atom is -0.281 e. The van der Waals surface area contributed by atoms with Crippen LogP contribution < -0.4 is 0 Å². The second-order valence-corrected chi connectivity index (χ2v) is 6.99. The number of H-pyrrole nitrogens is 1. The fraction of sp³-hybridized carbons (Fsp3) is 0.727. The number of hydrogen-bond acceptors (Lipinski definition) is 3. The van der Waals surface area contributed by atoms with Crippen molar-refractivity contribution in [3.8, 4) is 0 Å². The van der Waals surface area contributed by atoms with Gasteiger partial charge in [0.15, 0.2) is 0 Å². The van der Waals surface area contributed by atoms with E-state index >= 15 is 0 Å². The molecule has 1 aromatic heterocycles. The fourth-order valence-corrected chi connectivity index (χ4v) is 3.75. The van der Waals surface area contributed by atoms with Gasteiger partial charge in [0.05, 0.1) is 12.2 Å². The van der Waals surface area contributed by atoms with E-state index in [0.717, 1.165) is 18.5 Å². The standard InChI is InChI=1S/C11H20N4O2S/c1-10-4-3-7-15(8-10)18(16,17)14(2)9-11-5-6-12-13-11/h5-6,10H,3-4,7-9H2,1-2H3,(H,12,13). The number of aromatic amines is 1. The average molecular weight is 272 g/mol. The highest BCUT2D eigenvalue weighted by Gasteiger charge is 2.30. The second kappa shape index (κ2) is 5.38. The van der Waals surface area contributed by atoms with Crippen molar-refractivity contribution in [1.29, 1.82) is 0 Å². The van der Waals surface area contributed by atoms with Crippen molar-refractivity contribution < 1.29 is 8.42 Å². The highest BCUT2D eigenvalue weighted by Crippen LogP contribution is 2.20. The Kier molecular flexibility index (Phi) is 4.04. The van der Waals surface area contributed by atoms with Gasteiger partial charge in [-0.15, -0.1) is 0 Å². The van der Waals surface area contributed by atoms with Crippen LogP contribution in [0, 0.1) is 5.92 Å². The quantitative estimate of drug-likeness (QED) is 0.882. The van der Waals surface area contributed by atoms with Crippen LogP contribution in [0.25, 0.3) is 0 Å². The van der Waals surface area contributed by atoms with Gasteiger partial charge in [-0.2, -0.15) is 22.1 Å². The average Bonchev–Trinajstić information content (AvgIpc) is 2.81. The van der Waals surface area contributed by atoms with Crippen LogP contribution in [0.4, 0.5) is 0 Å². The van der Waals surface area contributed by atoms with E-state index in [-0.39, 0.29) is 0 Å². The van der Waals surface area contributed by atoms with Gasteiger partial charge in [-0.3, -0.25) is 5.10 Å². The van der Waals surface area contributed by atoms with Gasteiger partial charge in [0.25, 0.3) is 10.2 Å². The topological polar surface area (TPSA) is 69.3 Å². The molecular weight excluding hydrogens is 252 g/mol. The van der Waals surface area contributed by atoms with E-state index in [9.17, 15) is 8.42 Å². The molecule has 6 nitrogen and oxygen atoms in total. The monoisotopic (exact) mass is 272 g/mol. The molecule has 1 unspecified atom stereocenters. The van der Waals surface area contributed by atoms with Gasteiger partial charge in [-0.1, -0.05) is 6.92 Å². The Morgan fingerprint density at radius 3 is 3.00 bits per heavy atom. The maximum absolute atomic E-state index is 12.4. The molecule has 1 aromatic rings. The van der Waals surface area contributed by atoms with Gasteiger partial charge < -0.3 is 0 Å². The zero-order valence-corrected chi connectivity index (χ0v) is 11.7. The molecule has 0 bridgehead atoms. The van der Waals surface area contributed by atoms with Crippen LogP contribution in [-0.4, -0.2) is 47.4 Å². The van der Waals surface area contributed by atoms with Crippen LogP contribution in [0.5, 0.6) is 0 Å². The maximum Gasteiger partial charge on any atom is 0.282 e. The molecule has 1 N–H and O–H groups in total. The summed E-state index contributed by atoms with van der Waals surface area (Å²) in [5.74, 6) is 0.439. The smallest absolute Gasteiger partial charge is 0.281 e. The summed E-state index contributed by atoms with van der Waals surface area (Å²) in [5, 5.41) is 6.60. The van der Waals surface area contributed by atoms with E-state index in [1.54, 1.807) is 23.6 Å². The SMILES string of the molecule is CC1CCCN(S(=O)(=O)N(C)Cc2ccn[nH]2)C1. The summed E-state index contributed by atoms with van der Waals surface area (Å²) >= 11 is 0. The van der Waals surface area contributed by atoms with Crippen molar-refractivity contribution in [2.24, 2.45) is 5.92 Å². The van der Waals surface area contributed by atoms with Crippen LogP contribution in [0.15, 0.2) is 12.3 Å². The van der Waals surface area contributed by atoms with Crippen molar-refractivity contribution in [2.75, 3.05) is 20.1 Å². The molecule has 1 atom stereocenters. The molecule has 1 aliphatic rings. The Morgan fingerprint density at radius 1 is 1.61 bits per heavy atom. The Morgan fingerprint density at radius 2 is 2.39 bits per heavy atom. The van der Waals surface area contributed by atoms with E-state index in [2.05, 4.69) is 17.1 Å². The Hall–Kier alpha value is -0.920. The normalized spacial score (nSPS) is 22.5. The lowest BCUT2D eigenvalue weighted by atomic mass is 10.0. The number of hydrogen-bond donors (Lipinski definition) is 1. The molecule has 1 aliphatic heterocycles. The van der Waals surface area contributed by atoms with E-state index in [1.807, 2.05) is 0 Å². The van der Waals surface area contributed by atoms with E-state index < -0.39 is 10.2 Å². The van der Waals surface area contributed by atoms with Gasteiger partial charge in [0.2, 0.25) is 0 Å². The zero-order chi connectivity index (χ0) is 13.2. The molecule has 0 amide bonds. The van der Waals surface area contributed by atoms with E-state index in [0.29, 0.717) is 25.6 Å². The van der Waals surface area contributed by atoms with Gasteiger partial charge in [0.1, 0.15) is 0 Å². The summed E-state index contributed by atoms with van der Waals surface area (Å²) < 4.78 is 27.7. The molecule has 1 saturated heterocycles. The lowest BCUT2D eigenvalue weighted by Crippen LogP contribution is -2.46. The van der Waals surface area contributed by atoms with Crippen LogP contribution in [0.2, 0.25) is 0 Å². The Labute approximate surface area is 108 Å². The van der Waals surface area contributed by atoms with E-state index in [1.165, 1.54) is 4.31 Å². The van der Waals surface area contributed by atoms with Crippen molar-refractivity contribution in [3.05, 3.63) is 18.0 Å². The lowest BCUT2D eigenvalue weighted by Gasteiger charge is -2.32. The maximum atomic E-state index is 12.4. The van der Waals surface area contributed by atoms with Crippen LogP contribution in [-0.2, 0) is 16.8 Å². The predicted molar refractivity (Wildman–Crippen MR) is 68.9 cm³/mol. The van der Waals surface area contributed by atoms with Crippen molar-refractivity contribution >= 4 is 10.2 Å². The molecule has 1 fully saturated rings. The summed E-state index contributed by atoms with van der Waals surface area (Å²) in [5.41, 5.74) is 0.797. The van der Waals surface area contributed by atoms with Crippen molar-refractivity contribution in [2.45, 2.75) is 26.3 Å². The second-order valence-electron chi connectivity index (χ2n) is 4.95. The number of rotatable bonds is 4. The first-order chi connectivity index (χ1) is 8.50. The summed E-state index contributed by atoms with van der Waals surface area (Å²) in [4.78, 5) is 0. The molecule has 0 aliphatic carbocycles. The molecule has 0 saturated carbocycles. The fourth-order valence-electron chi connectivity index (χ4n) is 2.25. The number of nitrogens with one attached hydrogen (secondary N) is 1. The van der Waals surface area contributed by atoms with Crippen LogP contribution in [0.1, 0.15) is 25.5 Å². The van der Waals surface area contributed by atoms with Gasteiger partial charge in [-0.05, 0) is 24.8 Å². The summed E-state index contributed by atoms with van der Waals surface area (Å²) in [6.07, 6.45) is 3.67. The molecule has 0 radical (unpaired) electrons. The number of aromatic nitrogens is 2. The first kappa shape index (κ1) is 13.5. The third-order valence-electron chi connectivity index (χ3n) is 3.29. The first-order valence-corrected chi connectivity index (χ1v) is 7.59. The van der Waals surface area contributed by atoms with Crippen LogP contribution in [0.3, 0.4) is 0 Å². The predicted octanol–water partition coefficient (Wildman–Crippen LogP) is 0.818.